The number of piperidine rings is 2. The van der Waals surface area contributed by atoms with E-state index in [1.807, 2.05) is 0 Å². The quantitative estimate of drug-likeness (QED) is 0.916. The lowest BCUT2D eigenvalue weighted by Crippen LogP contribution is -2.40. The van der Waals surface area contributed by atoms with Crippen molar-refractivity contribution in [1.82, 2.24) is 15.2 Å². The minimum atomic E-state index is -0.267. The van der Waals surface area contributed by atoms with Crippen LogP contribution in [0.3, 0.4) is 0 Å². The van der Waals surface area contributed by atoms with Gasteiger partial charge in [0.15, 0.2) is 11.5 Å². The average Bonchev–Trinajstić information content (AvgIpc) is 2.99. The van der Waals surface area contributed by atoms with Crippen molar-refractivity contribution >= 4 is 23.5 Å². The Morgan fingerprint density at radius 1 is 1.25 bits per heavy atom. The molecule has 24 heavy (non-hydrogen) atoms. The van der Waals surface area contributed by atoms with Gasteiger partial charge in [-0.25, -0.2) is 9.37 Å². The van der Waals surface area contributed by atoms with Crippen molar-refractivity contribution in [2.24, 2.45) is 5.92 Å². The summed E-state index contributed by atoms with van der Waals surface area (Å²) in [5.41, 5.74) is 1.33. The first-order valence-corrected chi connectivity index (χ1v) is 8.77. The van der Waals surface area contributed by atoms with E-state index >= 15 is 0 Å². The highest BCUT2D eigenvalue weighted by molar-refractivity contribution is 5.85. The van der Waals surface area contributed by atoms with E-state index in [1.165, 1.54) is 44.5 Å². The maximum absolute atomic E-state index is 13.3. The Kier molecular flexibility index (Phi) is 5.74. The van der Waals surface area contributed by atoms with Crippen molar-refractivity contribution in [3.8, 4) is 0 Å². The van der Waals surface area contributed by atoms with E-state index in [4.69, 9.17) is 4.42 Å². The van der Waals surface area contributed by atoms with Gasteiger partial charge in [0.2, 0.25) is 0 Å². The summed E-state index contributed by atoms with van der Waals surface area (Å²) in [7, 11) is 0. The Hall–Kier alpha value is -1.17. The zero-order chi connectivity index (χ0) is 15.6. The third-order valence-electron chi connectivity index (χ3n) is 5.20. The molecule has 0 bridgehead atoms. The number of likely N-dealkylation sites (tertiary alicyclic amines) is 1. The monoisotopic (exact) mass is 353 g/mol. The molecule has 1 aromatic heterocycles. The van der Waals surface area contributed by atoms with Crippen LogP contribution in [0.2, 0.25) is 0 Å². The van der Waals surface area contributed by atoms with Gasteiger partial charge in [0.1, 0.15) is 11.3 Å². The number of hydrogen-bond acceptors (Lipinski definition) is 4. The summed E-state index contributed by atoms with van der Waals surface area (Å²) >= 11 is 0. The van der Waals surface area contributed by atoms with Crippen molar-refractivity contribution in [2.75, 3.05) is 32.7 Å². The zero-order valence-electron chi connectivity index (χ0n) is 13.8. The molecule has 6 heteroatoms. The molecule has 4 nitrogen and oxygen atoms in total. The summed E-state index contributed by atoms with van der Waals surface area (Å²) in [6, 6.07) is 4.58. The molecule has 132 valence electrons. The highest BCUT2D eigenvalue weighted by Crippen LogP contribution is 2.30. The Bertz CT molecular complexity index is 671. The highest BCUT2D eigenvalue weighted by Gasteiger charge is 2.27. The zero-order valence-corrected chi connectivity index (χ0v) is 14.7. The lowest BCUT2D eigenvalue weighted by molar-refractivity contribution is 0.155. The molecule has 3 heterocycles. The van der Waals surface area contributed by atoms with Gasteiger partial charge < -0.3 is 14.6 Å². The third-order valence-corrected chi connectivity index (χ3v) is 5.20. The summed E-state index contributed by atoms with van der Waals surface area (Å²) < 4.78 is 19.1. The fraction of sp³-hybridized carbons (Fsp3) is 0.611. The van der Waals surface area contributed by atoms with E-state index < -0.39 is 0 Å². The van der Waals surface area contributed by atoms with E-state index in [9.17, 15) is 4.39 Å². The molecular formula is C18H25ClFN3O. The van der Waals surface area contributed by atoms with Gasteiger partial charge in [-0.1, -0.05) is 0 Å². The first kappa shape index (κ1) is 17.6. The molecule has 2 aromatic rings. The van der Waals surface area contributed by atoms with Crippen LogP contribution < -0.4 is 5.32 Å². The molecule has 0 radical (unpaired) electrons. The van der Waals surface area contributed by atoms with Gasteiger partial charge in [0.05, 0.1) is 0 Å². The molecule has 1 unspecified atom stereocenters. The van der Waals surface area contributed by atoms with E-state index in [-0.39, 0.29) is 18.2 Å². The molecule has 0 saturated carbocycles. The predicted octanol–water partition coefficient (Wildman–Crippen LogP) is 3.57. The van der Waals surface area contributed by atoms with Gasteiger partial charge in [-0.05, 0) is 63.4 Å². The second-order valence-electron chi connectivity index (χ2n) is 6.96. The Morgan fingerprint density at radius 2 is 2.08 bits per heavy atom. The van der Waals surface area contributed by atoms with Gasteiger partial charge in [0, 0.05) is 25.1 Å². The minimum Gasteiger partial charge on any atom is -0.440 e. The van der Waals surface area contributed by atoms with Crippen molar-refractivity contribution in [3.63, 3.8) is 0 Å². The van der Waals surface area contributed by atoms with Crippen LogP contribution in [0.4, 0.5) is 4.39 Å². The maximum Gasteiger partial charge on any atom is 0.199 e. The van der Waals surface area contributed by atoms with Gasteiger partial charge in [-0.15, -0.1) is 12.4 Å². The second-order valence-corrected chi connectivity index (χ2v) is 6.96. The third kappa shape index (κ3) is 3.90. The lowest BCUT2D eigenvalue weighted by Gasteiger charge is -2.35. The van der Waals surface area contributed by atoms with Crippen LogP contribution in [0, 0.1) is 11.7 Å². The summed E-state index contributed by atoms with van der Waals surface area (Å²) in [6.07, 6.45) is 4.85. The predicted molar refractivity (Wildman–Crippen MR) is 95.2 cm³/mol. The van der Waals surface area contributed by atoms with Gasteiger partial charge >= 0.3 is 0 Å². The van der Waals surface area contributed by atoms with E-state index in [1.54, 1.807) is 6.07 Å². The lowest BCUT2D eigenvalue weighted by atomic mass is 9.93. The normalized spacial score (nSPS) is 23.3. The highest BCUT2D eigenvalue weighted by atomic mass is 35.5. The fourth-order valence-corrected chi connectivity index (χ4v) is 3.94. The summed E-state index contributed by atoms with van der Waals surface area (Å²) in [5.74, 6) is 1.66. The van der Waals surface area contributed by atoms with E-state index in [0.29, 0.717) is 11.5 Å². The van der Waals surface area contributed by atoms with Gasteiger partial charge in [-0.3, -0.25) is 0 Å². The maximum atomic E-state index is 13.3. The number of benzene rings is 1. The molecule has 2 aliphatic rings. The number of halogens is 2. The first-order valence-electron chi connectivity index (χ1n) is 8.77. The molecule has 0 amide bonds. The molecule has 4 rings (SSSR count). The SMILES string of the molecule is Cl.Fc1ccc2nc(C3CCCN(CC4CCNCC4)C3)oc2c1. The molecule has 0 aliphatic carbocycles. The molecule has 1 N–H and O–H groups in total. The largest absolute Gasteiger partial charge is 0.440 e. The molecule has 0 spiro atoms. The number of aromatic nitrogens is 1. The number of nitrogens with one attached hydrogen (secondary N) is 1. The van der Waals surface area contributed by atoms with Crippen LogP contribution in [0.5, 0.6) is 0 Å². The molecule has 1 aromatic carbocycles. The minimum absolute atomic E-state index is 0. The number of hydrogen-bond donors (Lipinski definition) is 1. The molecule has 2 fully saturated rings. The average molecular weight is 354 g/mol. The topological polar surface area (TPSA) is 41.3 Å². The second kappa shape index (κ2) is 7.81. The van der Waals surface area contributed by atoms with Gasteiger partial charge in [-0.2, -0.15) is 0 Å². The number of rotatable bonds is 3. The van der Waals surface area contributed by atoms with E-state index in [0.717, 1.165) is 43.4 Å². The smallest absolute Gasteiger partial charge is 0.199 e. The Morgan fingerprint density at radius 3 is 2.92 bits per heavy atom. The van der Waals surface area contributed by atoms with Crippen molar-refractivity contribution in [3.05, 3.63) is 29.9 Å². The summed E-state index contributed by atoms with van der Waals surface area (Å²) in [6.45, 7) is 5.68. The summed E-state index contributed by atoms with van der Waals surface area (Å²) in [4.78, 5) is 7.16. The first-order chi connectivity index (χ1) is 11.3. The van der Waals surface area contributed by atoms with Crippen LogP contribution in [-0.4, -0.2) is 42.6 Å². The Labute approximate surface area is 148 Å². The fourth-order valence-electron chi connectivity index (χ4n) is 3.94. The molecule has 2 aliphatic heterocycles. The van der Waals surface area contributed by atoms with Crippen LogP contribution >= 0.6 is 12.4 Å². The van der Waals surface area contributed by atoms with Gasteiger partial charge in [0.25, 0.3) is 0 Å². The van der Waals surface area contributed by atoms with Crippen molar-refractivity contribution in [1.29, 1.82) is 0 Å². The summed E-state index contributed by atoms with van der Waals surface area (Å²) in [5, 5.41) is 3.43. The molecular weight excluding hydrogens is 329 g/mol. The number of nitrogens with zero attached hydrogens (tertiary/aromatic N) is 2. The van der Waals surface area contributed by atoms with Crippen LogP contribution in [0.1, 0.15) is 37.5 Å². The Balaban J connectivity index is 0.00000169. The number of oxazole rings is 1. The number of fused-ring (bicyclic) bond motifs is 1. The van der Waals surface area contributed by atoms with Crippen molar-refractivity contribution < 1.29 is 8.81 Å². The van der Waals surface area contributed by atoms with Crippen molar-refractivity contribution in [2.45, 2.75) is 31.6 Å². The van der Waals surface area contributed by atoms with Crippen LogP contribution in [0.15, 0.2) is 22.6 Å². The van der Waals surface area contributed by atoms with Crippen LogP contribution in [0.25, 0.3) is 11.1 Å². The molecule has 1 atom stereocenters. The van der Waals surface area contributed by atoms with E-state index in [2.05, 4.69) is 15.2 Å². The molecule has 2 saturated heterocycles. The standard InChI is InChI=1S/C18H24FN3O.ClH/c19-15-3-4-16-17(10-15)23-18(21-16)14-2-1-9-22(12-14)11-13-5-7-20-8-6-13;/h3-4,10,13-14,20H,1-2,5-9,11-12H2;1H. The van der Waals surface area contributed by atoms with Crippen LogP contribution in [-0.2, 0) is 0 Å².